The average molecular weight is 266 g/mol. The highest BCUT2D eigenvalue weighted by Gasteiger charge is 2.24. The standard InChI is InChI=1S/C14H22N2O3/c1-4-14(5-2,10-17)15-9-12-7-6-11(3)13(8-12)16(18)19/h6-8,15,17H,4-5,9-10H2,1-3H3. The van der Waals surface area contributed by atoms with Crippen molar-refractivity contribution in [1.82, 2.24) is 5.32 Å². The molecule has 0 radical (unpaired) electrons. The van der Waals surface area contributed by atoms with Crippen molar-refractivity contribution in [2.75, 3.05) is 6.61 Å². The second-order valence-electron chi connectivity index (χ2n) is 4.88. The molecule has 0 spiro atoms. The van der Waals surface area contributed by atoms with Crippen molar-refractivity contribution < 1.29 is 10.0 Å². The normalized spacial score (nSPS) is 11.6. The van der Waals surface area contributed by atoms with E-state index < -0.39 is 0 Å². The Kier molecular flexibility index (Phi) is 5.44. The summed E-state index contributed by atoms with van der Waals surface area (Å²) < 4.78 is 0. The number of nitro groups is 1. The van der Waals surface area contributed by atoms with Gasteiger partial charge in [0.15, 0.2) is 0 Å². The van der Waals surface area contributed by atoms with Crippen LogP contribution in [0.4, 0.5) is 5.69 Å². The van der Waals surface area contributed by atoms with Crippen molar-refractivity contribution in [3.8, 4) is 0 Å². The Morgan fingerprint density at radius 1 is 1.37 bits per heavy atom. The molecule has 1 rings (SSSR count). The molecular weight excluding hydrogens is 244 g/mol. The Hall–Kier alpha value is -1.46. The van der Waals surface area contributed by atoms with E-state index in [2.05, 4.69) is 5.32 Å². The van der Waals surface area contributed by atoms with Crippen LogP contribution in [0.1, 0.15) is 37.8 Å². The second-order valence-corrected chi connectivity index (χ2v) is 4.88. The van der Waals surface area contributed by atoms with Crippen LogP contribution in [0, 0.1) is 17.0 Å². The van der Waals surface area contributed by atoms with E-state index in [9.17, 15) is 15.2 Å². The number of rotatable bonds is 7. The molecule has 0 fully saturated rings. The highest BCUT2D eigenvalue weighted by Crippen LogP contribution is 2.20. The van der Waals surface area contributed by atoms with Gasteiger partial charge in [0.05, 0.1) is 11.5 Å². The fourth-order valence-electron chi connectivity index (χ4n) is 2.03. The highest BCUT2D eigenvalue weighted by molar-refractivity contribution is 5.42. The molecule has 5 heteroatoms. The molecule has 0 bridgehead atoms. The van der Waals surface area contributed by atoms with Crippen molar-refractivity contribution in [2.45, 2.75) is 45.7 Å². The monoisotopic (exact) mass is 266 g/mol. The number of aliphatic hydroxyl groups excluding tert-OH is 1. The van der Waals surface area contributed by atoms with Crippen LogP contribution in [0.15, 0.2) is 18.2 Å². The predicted octanol–water partition coefficient (Wildman–Crippen LogP) is 2.54. The molecule has 1 aromatic carbocycles. The summed E-state index contributed by atoms with van der Waals surface area (Å²) in [5.41, 5.74) is 1.35. The zero-order valence-corrected chi connectivity index (χ0v) is 11.8. The minimum Gasteiger partial charge on any atom is -0.394 e. The lowest BCUT2D eigenvalue weighted by atomic mass is 9.93. The molecule has 19 heavy (non-hydrogen) atoms. The van der Waals surface area contributed by atoms with E-state index in [1.54, 1.807) is 19.1 Å². The third-order valence-electron chi connectivity index (χ3n) is 3.79. The first kappa shape index (κ1) is 15.6. The Labute approximate surface area is 113 Å². The molecule has 0 aliphatic carbocycles. The third kappa shape index (κ3) is 3.75. The maximum atomic E-state index is 10.9. The molecule has 0 saturated carbocycles. The summed E-state index contributed by atoms with van der Waals surface area (Å²) in [5, 5.41) is 23.7. The van der Waals surface area contributed by atoms with Crippen molar-refractivity contribution in [2.24, 2.45) is 0 Å². The summed E-state index contributed by atoms with van der Waals surface area (Å²) in [4.78, 5) is 10.5. The van der Waals surface area contributed by atoms with Crippen LogP contribution in [0.3, 0.4) is 0 Å². The van der Waals surface area contributed by atoms with Crippen molar-refractivity contribution >= 4 is 5.69 Å². The van der Waals surface area contributed by atoms with E-state index in [0.29, 0.717) is 12.1 Å². The first-order valence-corrected chi connectivity index (χ1v) is 6.57. The van der Waals surface area contributed by atoms with Crippen LogP contribution < -0.4 is 5.32 Å². The van der Waals surface area contributed by atoms with Crippen LogP contribution in [0.5, 0.6) is 0 Å². The zero-order valence-electron chi connectivity index (χ0n) is 11.8. The second kappa shape index (κ2) is 6.63. The Morgan fingerprint density at radius 3 is 2.47 bits per heavy atom. The van der Waals surface area contributed by atoms with Crippen molar-refractivity contribution in [1.29, 1.82) is 0 Å². The number of nitrogens with zero attached hydrogens (tertiary/aromatic N) is 1. The molecule has 0 unspecified atom stereocenters. The van der Waals surface area contributed by atoms with Gasteiger partial charge in [-0.1, -0.05) is 26.0 Å². The first-order chi connectivity index (χ1) is 8.98. The number of hydrogen-bond acceptors (Lipinski definition) is 4. The van der Waals surface area contributed by atoms with Crippen LogP contribution in [-0.4, -0.2) is 22.2 Å². The van der Waals surface area contributed by atoms with Crippen molar-refractivity contribution in [3.05, 3.63) is 39.4 Å². The lowest BCUT2D eigenvalue weighted by Crippen LogP contribution is -2.47. The fraction of sp³-hybridized carbons (Fsp3) is 0.571. The Balaban J connectivity index is 2.83. The van der Waals surface area contributed by atoms with Gasteiger partial charge in [-0.25, -0.2) is 0 Å². The molecular formula is C14H22N2O3. The summed E-state index contributed by atoms with van der Waals surface area (Å²) in [6, 6.07) is 5.23. The van der Waals surface area contributed by atoms with Crippen molar-refractivity contribution in [3.63, 3.8) is 0 Å². The number of aliphatic hydroxyl groups is 1. The van der Waals surface area contributed by atoms with E-state index in [1.807, 2.05) is 19.9 Å². The SMILES string of the molecule is CCC(CC)(CO)NCc1ccc(C)c([N+](=O)[O-])c1. The topological polar surface area (TPSA) is 75.4 Å². The van der Waals surface area contributed by atoms with E-state index in [0.717, 1.165) is 18.4 Å². The maximum absolute atomic E-state index is 10.9. The van der Waals surface area contributed by atoms with Crippen LogP contribution >= 0.6 is 0 Å². The van der Waals surface area contributed by atoms with E-state index >= 15 is 0 Å². The first-order valence-electron chi connectivity index (χ1n) is 6.57. The van der Waals surface area contributed by atoms with Gasteiger partial charge in [-0.05, 0) is 25.3 Å². The maximum Gasteiger partial charge on any atom is 0.272 e. The number of nitrogens with one attached hydrogen (secondary N) is 1. The molecule has 5 nitrogen and oxygen atoms in total. The van der Waals surface area contributed by atoms with Gasteiger partial charge in [-0.15, -0.1) is 0 Å². The number of aryl methyl sites for hydroxylation is 1. The molecule has 0 atom stereocenters. The number of benzene rings is 1. The minimum absolute atomic E-state index is 0.0634. The zero-order chi connectivity index (χ0) is 14.5. The fourth-order valence-corrected chi connectivity index (χ4v) is 2.03. The van der Waals surface area contributed by atoms with Gasteiger partial charge in [-0.2, -0.15) is 0 Å². The van der Waals surface area contributed by atoms with E-state index in [4.69, 9.17) is 0 Å². The molecule has 0 heterocycles. The Morgan fingerprint density at radius 2 is 2.00 bits per heavy atom. The van der Waals surface area contributed by atoms with Crippen LogP contribution in [-0.2, 0) is 6.54 Å². The van der Waals surface area contributed by atoms with Crippen LogP contribution in [0.2, 0.25) is 0 Å². The summed E-state index contributed by atoms with van der Waals surface area (Å²) in [6.45, 7) is 6.34. The molecule has 0 aliphatic heterocycles. The van der Waals surface area contributed by atoms with Gasteiger partial charge in [0, 0.05) is 23.7 Å². The summed E-state index contributed by atoms with van der Waals surface area (Å²) in [6.07, 6.45) is 1.63. The minimum atomic E-state index is -0.363. The Bertz CT molecular complexity index is 434. The van der Waals surface area contributed by atoms with E-state index in [-0.39, 0.29) is 22.8 Å². The average Bonchev–Trinajstić information content (AvgIpc) is 2.42. The summed E-state index contributed by atoms with van der Waals surface area (Å²) >= 11 is 0. The summed E-state index contributed by atoms with van der Waals surface area (Å²) in [7, 11) is 0. The van der Waals surface area contributed by atoms with E-state index in [1.165, 1.54) is 0 Å². The van der Waals surface area contributed by atoms with Gasteiger partial charge >= 0.3 is 0 Å². The lowest BCUT2D eigenvalue weighted by Gasteiger charge is -2.31. The molecule has 0 saturated heterocycles. The smallest absolute Gasteiger partial charge is 0.272 e. The molecule has 106 valence electrons. The third-order valence-corrected chi connectivity index (χ3v) is 3.79. The van der Waals surface area contributed by atoms with Gasteiger partial charge in [0.1, 0.15) is 0 Å². The van der Waals surface area contributed by atoms with Crippen LogP contribution in [0.25, 0.3) is 0 Å². The van der Waals surface area contributed by atoms with Gasteiger partial charge in [0.2, 0.25) is 0 Å². The van der Waals surface area contributed by atoms with Gasteiger partial charge < -0.3 is 10.4 Å². The predicted molar refractivity (Wildman–Crippen MR) is 75.1 cm³/mol. The quantitative estimate of drug-likeness (QED) is 0.587. The lowest BCUT2D eigenvalue weighted by molar-refractivity contribution is -0.385. The van der Waals surface area contributed by atoms with Gasteiger partial charge in [-0.3, -0.25) is 10.1 Å². The molecule has 1 aromatic rings. The molecule has 0 amide bonds. The molecule has 2 N–H and O–H groups in total. The highest BCUT2D eigenvalue weighted by atomic mass is 16.6. The van der Waals surface area contributed by atoms with Gasteiger partial charge in [0.25, 0.3) is 5.69 Å². The summed E-state index contributed by atoms with van der Waals surface area (Å²) in [5.74, 6) is 0. The molecule has 0 aromatic heterocycles. The number of nitro benzene ring substituents is 1. The molecule has 0 aliphatic rings. The largest absolute Gasteiger partial charge is 0.394 e. The number of hydrogen-bond donors (Lipinski definition) is 2.